The molecule has 1 saturated heterocycles. The normalized spacial score (nSPS) is 24.6. The lowest BCUT2D eigenvalue weighted by Gasteiger charge is -2.51. The van der Waals surface area contributed by atoms with Crippen molar-refractivity contribution in [3.63, 3.8) is 0 Å². The van der Waals surface area contributed by atoms with Crippen molar-refractivity contribution in [2.45, 2.75) is 58.0 Å². The highest BCUT2D eigenvalue weighted by atomic mass is 32.1. The monoisotopic (exact) mass is 361 g/mol. The molecule has 1 saturated carbocycles. The first-order valence-electron chi connectivity index (χ1n) is 8.93. The number of piperidine rings is 1. The van der Waals surface area contributed by atoms with E-state index in [9.17, 15) is 14.8 Å². The second-order valence-corrected chi connectivity index (χ2v) is 8.74. The van der Waals surface area contributed by atoms with E-state index < -0.39 is 11.9 Å². The van der Waals surface area contributed by atoms with Crippen LogP contribution in [-0.2, 0) is 16.1 Å². The van der Waals surface area contributed by atoms with Crippen molar-refractivity contribution in [3.05, 3.63) is 21.9 Å². The first-order valence-corrected chi connectivity index (χ1v) is 9.74. The zero-order chi connectivity index (χ0) is 17.6. The maximum absolute atomic E-state index is 12.6. The number of carbonyl (C=O) groups excluding carboxylic acids is 2. The molecule has 25 heavy (non-hydrogen) atoms. The Morgan fingerprint density at radius 1 is 1.40 bits per heavy atom. The second kappa shape index (κ2) is 6.21. The minimum Gasteiger partial charge on any atom is -0.300 e. The van der Waals surface area contributed by atoms with Crippen LogP contribution in [0.5, 0.6) is 0 Å². The van der Waals surface area contributed by atoms with E-state index in [0.717, 1.165) is 52.8 Å². The van der Waals surface area contributed by atoms with Crippen molar-refractivity contribution >= 4 is 29.0 Å². The molecule has 0 bridgehead atoms. The van der Waals surface area contributed by atoms with Crippen LogP contribution in [0.1, 0.15) is 48.3 Å². The van der Waals surface area contributed by atoms with Crippen LogP contribution < -0.4 is 0 Å². The van der Waals surface area contributed by atoms with Gasteiger partial charge in [0.25, 0.3) is 5.91 Å². The number of thiophene rings is 1. The highest BCUT2D eigenvalue weighted by Gasteiger charge is 2.50. The Morgan fingerprint density at radius 2 is 2.16 bits per heavy atom. The summed E-state index contributed by atoms with van der Waals surface area (Å²) in [6.45, 7) is 2.83. The van der Waals surface area contributed by atoms with Crippen molar-refractivity contribution in [2.75, 3.05) is 6.54 Å². The molecular weight excluding hydrogens is 338 g/mol. The fraction of sp³-hybridized carbons (Fsp3) is 0.611. The van der Waals surface area contributed by atoms with E-state index in [4.69, 9.17) is 0 Å². The number of rotatable bonds is 3. The van der Waals surface area contributed by atoms with Crippen LogP contribution >= 0.6 is 11.3 Å². The predicted molar refractivity (Wildman–Crippen MR) is 94.5 cm³/mol. The molecule has 1 unspecified atom stereocenters. The van der Waals surface area contributed by atoms with Crippen molar-refractivity contribution in [1.29, 1.82) is 0 Å². The van der Waals surface area contributed by atoms with Crippen molar-refractivity contribution < 1.29 is 14.8 Å². The minimum atomic E-state index is -0.791. The third kappa shape index (κ3) is 2.89. The number of hydrogen-bond donors (Lipinski definition) is 1. The Kier molecular flexibility index (Phi) is 4.16. The quantitative estimate of drug-likeness (QED) is 0.664. The van der Waals surface area contributed by atoms with Gasteiger partial charge in [0.2, 0.25) is 5.91 Å². The molecule has 1 aromatic rings. The lowest BCUT2D eigenvalue weighted by Crippen LogP contribution is -2.58. The summed E-state index contributed by atoms with van der Waals surface area (Å²) in [5.41, 5.74) is -0.00197. The standard InChI is InChI=1S/C18H23N3O3S/c1-12-4-5-13(25-12)11-21(24)16(23)14-10-15(22)20-9-3-8-18(6-2-7-18)17(20)19-14/h4-5,14,24H,2-3,6-11H2,1H3. The van der Waals surface area contributed by atoms with E-state index in [1.54, 1.807) is 16.2 Å². The molecule has 1 N–H and O–H groups in total. The van der Waals surface area contributed by atoms with Crippen LogP contribution in [0.3, 0.4) is 0 Å². The minimum absolute atomic E-state index is 0.00197. The lowest BCUT2D eigenvalue weighted by molar-refractivity contribution is -0.170. The lowest BCUT2D eigenvalue weighted by atomic mass is 9.63. The molecule has 134 valence electrons. The third-order valence-electron chi connectivity index (χ3n) is 5.67. The fourth-order valence-corrected chi connectivity index (χ4v) is 5.06. The highest BCUT2D eigenvalue weighted by molar-refractivity contribution is 7.11. The van der Waals surface area contributed by atoms with Gasteiger partial charge in [-0.15, -0.1) is 11.3 Å². The number of hydroxylamine groups is 2. The predicted octanol–water partition coefficient (Wildman–Crippen LogP) is 2.74. The highest BCUT2D eigenvalue weighted by Crippen LogP contribution is 2.50. The molecule has 2 amide bonds. The van der Waals surface area contributed by atoms with E-state index in [0.29, 0.717) is 6.54 Å². The zero-order valence-electron chi connectivity index (χ0n) is 14.4. The molecule has 2 fully saturated rings. The molecular formula is C18H23N3O3S. The Hall–Kier alpha value is -1.73. The van der Waals surface area contributed by atoms with Crippen molar-refractivity contribution in [1.82, 2.24) is 9.96 Å². The van der Waals surface area contributed by atoms with Gasteiger partial charge in [-0.05, 0) is 44.7 Å². The molecule has 2 aliphatic heterocycles. The summed E-state index contributed by atoms with van der Waals surface area (Å²) in [6.07, 6.45) is 5.37. The number of nitrogens with zero attached hydrogens (tertiary/aromatic N) is 3. The molecule has 3 aliphatic rings. The van der Waals surface area contributed by atoms with E-state index in [1.165, 1.54) is 0 Å². The van der Waals surface area contributed by atoms with Gasteiger partial charge >= 0.3 is 0 Å². The summed E-state index contributed by atoms with van der Waals surface area (Å²) >= 11 is 1.55. The van der Waals surface area contributed by atoms with Gasteiger partial charge in [-0.25, -0.2) is 5.06 Å². The Labute approximate surface area is 151 Å². The number of hydrogen-bond acceptors (Lipinski definition) is 5. The Morgan fingerprint density at radius 3 is 2.80 bits per heavy atom. The van der Waals surface area contributed by atoms with Crippen LogP contribution in [0, 0.1) is 12.3 Å². The molecule has 6 nitrogen and oxygen atoms in total. The van der Waals surface area contributed by atoms with Crippen LogP contribution in [0.2, 0.25) is 0 Å². The van der Waals surface area contributed by atoms with E-state index in [2.05, 4.69) is 4.99 Å². The SMILES string of the molecule is Cc1ccc(CN(O)C(=O)C2CC(=O)N3CCCC4(CCC4)C3=N2)s1. The average molecular weight is 361 g/mol. The van der Waals surface area contributed by atoms with Gasteiger partial charge in [-0.3, -0.25) is 19.8 Å². The Bertz CT molecular complexity index is 738. The number of fused-ring (bicyclic) bond motifs is 2. The summed E-state index contributed by atoms with van der Waals surface area (Å²) in [4.78, 5) is 33.7. The van der Waals surface area contributed by atoms with Crippen LogP contribution in [0.15, 0.2) is 17.1 Å². The third-order valence-corrected chi connectivity index (χ3v) is 6.65. The van der Waals surface area contributed by atoms with Gasteiger partial charge in [0.05, 0.1) is 13.0 Å². The maximum atomic E-state index is 12.6. The van der Waals surface area contributed by atoms with Gasteiger partial charge < -0.3 is 4.90 Å². The average Bonchev–Trinajstić information content (AvgIpc) is 2.97. The summed E-state index contributed by atoms with van der Waals surface area (Å²) in [6, 6.07) is 3.07. The van der Waals surface area contributed by atoms with Gasteiger partial charge in [0, 0.05) is 21.7 Å². The van der Waals surface area contributed by atoms with Gasteiger partial charge in [0.15, 0.2) is 0 Å². The van der Waals surface area contributed by atoms with Crippen LogP contribution in [0.4, 0.5) is 0 Å². The van der Waals surface area contributed by atoms with Crippen LogP contribution in [0.25, 0.3) is 0 Å². The number of aryl methyl sites for hydroxylation is 1. The summed E-state index contributed by atoms with van der Waals surface area (Å²) in [5, 5.41) is 10.9. The maximum Gasteiger partial charge on any atom is 0.271 e. The molecule has 1 atom stereocenters. The molecule has 1 aliphatic carbocycles. The van der Waals surface area contributed by atoms with E-state index >= 15 is 0 Å². The number of aliphatic imine (C=N–C) groups is 1. The smallest absolute Gasteiger partial charge is 0.271 e. The number of amidine groups is 1. The fourth-order valence-electron chi connectivity index (χ4n) is 4.19. The second-order valence-electron chi connectivity index (χ2n) is 7.36. The molecule has 0 radical (unpaired) electrons. The van der Waals surface area contributed by atoms with Gasteiger partial charge in [0.1, 0.15) is 11.9 Å². The molecule has 1 aromatic heterocycles. The Balaban J connectivity index is 1.54. The first kappa shape index (κ1) is 16.7. The topological polar surface area (TPSA) is 73.2 Å². The first-order chi connectivity index (χ1) is 12.0. The van der Waals surface area contributed by atoms with Crippen molar-refractivity contribution in [3.8, 4) is 0 Å². The molecule has 0 aromatic carbocycles. The molecule has 7 heteroatoms. The van der Waals surface area contributed by atoms with Gasteiger partial charge in [-0.2, -0.15) is 0 Å². The number of carbonyl (C=O) groups is 2. The summed E-state index contributed by atoms with van der Waals surface area (Å²) < 4.78 is 0. The summed E-state index contributed by atoms with van der Waals surface area (Å²) in [7, 11) is 0. The molecule has 1 spiro atoms. The summed E-state index contributed by atoms with van der Waals surface area (Å²) in [5.74, 6) is 0.293. The van der Waals surface area contributed by atoms with E-state index in [-0.39, 0.29) is 24.3 Å². The number of amides is 2. The largest absolute Gasteiger partial charge is 0.300 e. The van der Waals surface area contributed by atoms with E-state index in [1.807, 2.05) is 19.1 Å². The van der Waals surface area contributed by atoms with Crippen LogP contribution in [-0.4, -0.2) is 45.4 Å². The van der Waals surface area contributed by atoms with Gasteiger partial charge in [-0.1, -0.05) is 6.42 Å². The zero-order valence-corrected chi connectivity index (χ0v) is 15.2. The molecule has 4 rings (SSSR count). The van der Waals surface area contributed by atoms with Crippen molar-refractivity contribution in [2.24, 2.45) is 10.4 Å². The molecule has 3 heterocycles.